The second-order valence-electron chi connectivity index (χ2n) is 7.94. The zero-order chi connectivity index (χ0) is 21.7. The molecule has 1 fully saturated rings. The molecule has 0 spiro atoms. The first-order valence-corrected chi connectivity index (χ1v) is 10.5. The van der Waals surface area contributed by atoms with Crippen LogP contribution in [0.25, 0.3) is 27.8 Å². The number of anilines is 1. The second kappa shape index (κ2) is 7.50. The molecule has 31 heavy (non-hydrogen) atoms. The van der Waals surface area contributed by atoms with E-state index in [1.54, 1.807) is 6.07 Å². The van der Waals surface area contributed by atoms with Crippen molar-refractivity contribution < 1.29 is 14.3 Å². The maximum Gasteiger partial charge on any atom is 0.306 e. The number of hydrogen-bond donors (Lipinski definition) is 1. The summed E-state index contributed by atoms with van der Waals surface area (Å²) in [5, 5.41) is 10.7. The number of pyridine rings is 1. The Morgan fingerprint density at radius 3 is 2.61 bits per heavy atom. The number of fused-ring (bicyclic) bond motifs is 2. The molecule has 158 valence electrons. The minimum Gasteiger partial charge on any atom is -0.481 e. The number of rotatable bonds is 3. The first kappa shape index (κ1) is 19.8. The summed E-state index contributed by atoms with van der Waals surface area (Å²) in [5.74, 6) is -0.0195. The maximum atomic E-state index is 13.6. The second-order valence-corrected chi connectivity index (χ2v) is 8.35. The molecule has 2 aromatic heterocycles. The molecule has 0 saturated carbocycles. The Morgan fingerprint density at radius 2 is 1.87 bits per heavy atom. The van der Waals surface area contributed by atoms with E-state index in [0.29, 0.717) is 48.2 Å². The van der Waals surface area contributed by atoms with Gasteiger partial charge >= 0.3 is 5.97 Å². The summed E-state index contributed by atoms with van der Waals surface area (Å²) in [6, 6.07) is 12.0. The Labute approximate surface area is 182 Å². The smallest absolute Gasteiger partial charge is 0.306 e. The van der Waals surface area contributed by atoms with Crippen LogP contribution in [0.15, 0.2) is 42.5 Å². The highest BCUT2D eigenvalue weighted by atomic mass is 35.5. The van der Waals surface area contributed by atoms with Gasteiger partial charge in [0.1, 0.15) is 11.6 Å². The molecule has 2 aromatic carbocycles. The standard InChI is InChI=1S/C23H20ClFN4O2/c1-13-10-20-19(12-17(13)24)27-23(28-8-6-14(7-9-28)22(30)31)29(20)21-5-2-15-11-16(25)3-4-18(15)26-21/h2-5,10-12,14H,6-9H2,1H3,(H,30,31). The summed E-state index contributed by atoms with van der Waals surface area (Å²) >= 11 is 6.35. The predicted molar refractivity (Wildman–Crippen MR) is 119 cm³/mol. The molecule has 4 aromatic rings. The molecule has 6 nitrogen and oxygen atoms in total. The molecule has 0 aliphatic carbocycles. The third-order valence-electron chi connectivity index (χ3n) is 5.91. The average molecular weight is 439 g/mol. The van der Waals surface area contributed by atoms with E-state index < -0.39 is 5.97 Å². The molecule has 1 N–H and O–H groups in total. The minimum absolute atomic E-state index is 0.303. The monoisotopic (exact) mass is 438 g/mol. The largest absolute Gasteiger partial charge is 0.481 e. The lowest BCUT2D eigenvalue weighted by Gasteiger charge is -2.31. The number of benzene rings is 2. The SMILES string of the molecule is Cc1cc2c(cc1Cl)nc(N1CCC(C(=O)O)CC1)n2-c1ccc2cc(F)ccc2n1. The van der Waals surface area contributed by atoms with Gasteiger partial charge in [-0.05, 0) is 67.8 Å². The van der Waals surface area contributed by atoms with Gasteiger partial charge in [-0.25, -0.2) is 14.4 Å². The van der Waals surface area contributed by atoms with Gasteiger partial charge in [-0.1, -0.05) is 11.6 Å². The van der Waals surface area contributed by atoms with E-state index in [9.17, 15) is 14.3 Å². The van der Waals surface area contributed by atoms with Gasteiger partial charge in [-0.15, -0.1) is 0 Å². The van der Waals surface area contributed by atoms with E-state index in [-0.39, 0.29) is 11.7 Å². The zero-order valence-corrected chi connectivity index (χ0v) is 17.6. The lowest BCUT2D eigenvalue weighted by Crippen LogP contribution is -2.37. The van der Waals surface area contributed by atoms with Crippen LogP contribution in [0.2, 0.25) is 5.02 Å². The van der Waals surface area contributed by atoms with Crippen LogP contribution in [-0.4, -0.2) is 38.7 Å². The Bertz CT molecular complexity index is 1330. The molecule has 1 aliphatic rings. The quantitative estimate of drug-likeness (QED) is 0.488. The zero-order valence-electron chi connectivity index (χ0n) is 16.8. The molecule has 0 atom stereocenters. The van der Waals surface area contributed by atoms with Gasteiger partial charge in [0.15, 0.2) is 0 Å². The molecule has 0 bridgehead atoms. The molecule has 5 rings (SSSR count). The van der Waals surface area contributed by atoms with Crippen molar-refractivity contribution in [3.63, 3.8) is 0 Å². The molecule has 3 heterocycles. The molecular formula is C23H20ClFN4O2. The van der Waals surface area contributed by atoms with E-state index in [1.165, 1.54) is 12.1 Å². The average Bonchev–Trinajstić information content (AvgIpc) is 3.12. The highest BCUT2D eigenvalue weighted by Crippen LogP contribution is 2.32. The number of piperidine rings is 1. The summed E-state index contributed by atoms with van der Waals surface area (Å²) < 4.78 is 15.6. The van der Waals surface area contributed by atoms with Gasteiger partial charge in [-0.3, -0.25) is 9.36 Å². The van der Waals surface area contributed by atoms with Crippen LogP contribution < -0.4 is 4.90 Å². The number of halogens is 2. The Hall–Kier alpha value is -3.19. The van der Waals surface area contributed by atoms with E-state index in [1.807, 2.05) is 35.8 Å². The van der Waals surface area contributed by atoms with Gasteiger partial charge in [-0.2, -0.15) is 0 Å². The molecular weight excluding hydrogens is 419 g/mol. The minimum atomic E-state index is -0.751. The van der Waals surface area contributed by atoms with Crippen LogP contribution in [0, 0.1) is 18.7 Å². The molecule has 0 unspecified atom stereocenters. The fourth-order valence-corrected chi connectivity index (χ4v) is 4.32. The van der Waals surface area contributed by atoms with E-state index in [2.05, 4.69) is 4.90 Å². The Kier molecular flexibility index (Phi) is 4.78. The van der Waals surface area contributed by atoms with Crippen LogP contribution in [0.5, 0.6) is 0 Å². The van der Waals surface area contributed by atoms with Crippen LogP contribution in [0.1, 0.15) is 18.4 Å². The predicted octanol–water partition coefficient (Wildman–Crippen LogP) is 4.98. The fraction of sp³-hybridized carbons (Fsp3) is 0.261. The van der Waals surface area contributed by atoms with Crippen molar-refractivity contribution >= 4 is 45.5 Å². The summed E-state index contributed by atoms with van der Waals surface area (Å²) in [4.78, 5) is 23.1. The van der Waals surface area contributed by atoms with Gasteiger partial charge in [0.25, 0.3) is 0 Å². The van der Waals surface area contributed by atoms with Crippen LogP contribution in [0.4, 0.5) is 10.3 Å². The van der Waals surface area contributed by atoms with Crippen molar-refractivity contribution in [1.29, 1.82) is 0 Å². The Balaban J connectivity index is 1.67. The third kappa shape index (κ3) is 3.49. The van der Waals surface area contributed by atoms with Crippen molar-refractivity contribution in [1.82, 2.24) is 14.5 Å². The van der Waals surface area contributed by atoms with E-state index >= 15 is 0 Å². The molecule has 1 aliphatic heterocycles. The van der Waals surface area contributed by atoms with Crippen LogP contribution in [-0.2, 0) is 4.79 Å². The number of carboxylic acid groups (broad SMARTS) is 1. The first-order chi connectivity index (χ1) is 14.9. The number of aliphatic carboxylic acids is 1. The number of carbonyl (C=O) groups is 1. The van der Waals surface area contributed by atoms with E-state index in [0.717, 1.165) is 22.0 Å². The van der Waals surface area contributed by atoms with Crippen molar-refractivity contribution in [3.8, 4) is 5.82 Å². The van der Waals surface area contributed by atoms with Gasteiger partial charge < -0.3 is 10.0 Å². The molecule has 8 heteroatoms. The van der Waals surface area contributed by atoms with Crippen molar-refractivity contribution in [3.05, 3.63) is 58.9 Å². The number of aryl methyl sites for hydroxylation is 1. The number of hydrogen-bond acceptors (Lipinski definition) is 4. The van der Waals surface area contributed by atoms with Gasteiger partial charge in [0.05, 0.1) is 22.5 Å². The van der Waals surface area contributed by atoms with Gasteiger partial charge in [0.2, 0.25) is 5.95 Å². The highest BCUT2D eigenvalue weighted by molar-refractivity contribution is 6.32. The lowest BCUT2D eigenvalue weighted by molar-refractivity contribution is -0.142. The summed E-state index contributed by atoms with van der Waals surface area (Å²) in [5.41, 5.74) is 3.22. The van der Waals surface area contributed by atoms with Crippen LogP contribution >= 0.6 is 11.6 Å². The Morgan fingerprint density at radius 1 is 1.10 bits per heavy atom. The summed E-state index contributed by atoms with van der Waals surface area (Å²) in [6.07, 6.45) is 1.12. The molecule has 0 amide bonds. The van der Waals surface area contributed by atoms with Crippen molar-refractivity contribution in [2.24, 2.45) is 5.92 Å². The summed E-state index contributed by atoms with van der Waals surface area (Å²) in [7, 11) is 0. The fourth-order valence-electron chi connectivity index (χ4n) is 4.16. The number of aromatic nitrogens is 3. The first-order valence-electron chi connectivity index (χ1n) is 10.1. The third-order valence-corrected chi connectivity index (χ3v) is 6.32. The topological polar surface area (TPSA) is 71.2 Å². The normalized spacial score (nSPS) is 15.1. The number of imidazole rings is 1. The maximum absolute atomic E-state index is 13.6. The molecule has 1 saturated heterocycles. The van der Waals surface area contributed by atoms with E-state index in [4.69, 9.17) is 21.6 Å². The van der Waals surface area contributed by atoms with Gasteiger partial charge in [0, 0.05) is 23.5 Å². The summed E-state index contributed by atoms with van der Waals surface area (Å²) in [6.45, 7) is 3.12. The van der Waals surface area contributed by atoms with Crippen molar-refractivity contribution in [2.75, 3.05) is 18.0 Å². The molecule has 0 radical (unpaired) electrons. The number of nitrogens with zero attached hydrogens (tertiary/aromatic N) is 4. The number of carboxylic acids is 1. The lowest BCUT2D eigenvalue weighted by atomic mass is 9.97. The highest BCUT2D eigenvalue weighted by Gasteiger charge is 2.28. The van der Waals surface area contributed by atoms with Crippen LogP contribution in [0.3, 0.4) is 0 Å². The van der Waals surface area contributed by atoms with Crippen molar-refractivity contribution in [2.45, 2.75) is 19.8 Å².